The summed E-state index contributed by atoms with van der Waals surface area (Å²) in [4.78, 5) is 6.76. The van der Waals surface area contributed by atoms with Gasteiger partial charge in [0.2, 0.25) is 0 Å². The van der Waals surface area contributed by atoms with Gasteiger partial charge < -0.3 is 16.4 Å². The van der Waals surface area contributed by atoms with E-state index in [-0.39, 0.29) is 5.84 Å². The quantitative estimate of drug-likeness (QED) is 0.126. The monoisotopic (exact) mass is 547 g/mol. The van der Waals surface area contributed by atoms with E-state index < -0.39 is 0 Å². The number of nitrogens with one attached hydrogen (secondary N) is 1. The van der Waals surface area contributed by atoms with Gasteiger partial charge in [-0.2, -0.15) is 0 Å². The molecule has 0 saturated heterocycles. The molecule has 0 bridgehead atoms. The van der Waals surface area contributed by atoms with E-state index in [2.05, 4.69) is 76.6 Å². The predicted molar refractivity (Wildman–Crippen MR) is 176 cm³/mol. The molecule has 5 heteroatoms. The summed E-state index contributed by atoms with van der Waals surface area (Å²) in [5, 5.41) is 10.9. The lowest BCUT2D eigenvalue weighted by atomic mass is 9.94. The minimum absolute atomic E-state index is 0.142. The first kappa shape index (κ1) is 26.8. The third-order valence-electron chi connectivity index (χ3n) is 7.57. The Hall–Kier alpha value is -5.42. The van der Waals surface area contributed by atoms with Crippen molar-refractivity contribution in [2.75, 3.05) is 10.6 Å². The normalized spacial score (nSPS) is 12.5. The Morgan fingerprint density at radius 3 is 2.05 bits per heavy atom. The van der Waals surface area contributed by atoms with Crippen molar-refractivity contribution in [3.63, 3.8) is 0 Å². The van der Waals surface area contributed by atoms with Crippen molar-refractivity contribution in [3.05, 3.63) is 148 Å². The van der Waals surface area contributed by atoms with E-state index in [4.69, 9.17) is 16.9 Å². The molecule has 5 aromatic carbocycles. The van der Waals surface area contributed by atoms with Crippen LogP contribution in [-0.4, -0.2) is 11.7 Å². The average Bonchev–Trinajstić information content (AvgIpc) is 3.04. The van der Waals surface area contributed by atoms with Crippen molar-refractivity contribution in [2.24, 2.45) is 10.7 Å². The van der Waals surface area contributed by atoms with Gasteiger partial charge >= 0.3 is 0 Å². The molecule has 0 spiro atoms. The van der Waals surface area contributed by atoms with Gasteiger partial charge in [-0.25, -0.2) is 4.99 Å². The molecule has 5 N–H and O–H groups in total. The van der Waals surface area contributed by atoms with Crippen LogP contribution in [0.4, 0.5) is 17.1 Å². The van der Waals surface area contributed by atoms with E-state index in [0.717, 1.165) is 62.9 Å². The highest BCUT2D eigenvalue weighted by Gasteiger charge is 2.15. The summed E-state index contributed by atoms with van der Waals surface area (Å²) in [7, 11) is 0. The second-order valence-electron chi connectivity index (χ2n) is 10.4. The summed E-state index contributed by atoms with van der Waals surface area (Å²) in [6, 6.07) is 40.6. The molecule has 5 nitrogen and oxygen atoms in total. The smallest absolute Gasteiger partial charge is 0.154 e. The molecule has 0 heterocycles. The number of nitrogens with zero attached hydrogens (tertiary/aromatic N) is 2. The van der Waals surface area contributed by atoms with Crippen LogP contribution in [0, 0.1) is 5.41 Å². The summed E-state index contributed by atoms with van der Waals surface area (Å²) < 4.78 is 0. The third-order valence-corrected chi connectivity index (χ3v) is 7.57. The zero-order valence-corrected chi connectivity index (χ0v) is 23.4. The van der Waals surface area contributed by atoms with E-state index >= 15 is 0 Å². The van der Waals surface area contributed by atoms with Crippen LogP contribution in [0.15, 0.2) is 126 Å². The van der Waals surface area contributed by atoms with Crippen LogP contribution in [0.2, 0.25) is 0 Å². The van der Waals surface area contributed by atoms with Crippen molar-refractivity contribution in [3.8, 4) is 11.1 Å². The van der Waals surface area contributed by atoms with Gasteiger partial charge in [0.25, 0.3) is 0 Å². The summed E-state index contributed by atoms with van der Waals surface area (Å²) in [6.45, 7) is 0.663. The SMILES string of the molecule is N=C(N=C(N)c1cc2c(cc1-c1ccc(CN(c3ccccc3)c3ccccc3N)cc1)=CCCC=2)c1ccccc1. The fraction of sp³-hybridized carbons (Fsp3) is 0.0811. The minimum Gasteiger partial charge on any atom is -0.397 e. The van der Waals surface area contributed by atoms with Gasteiger partial charge in [0.1, 0.15) is 5.84 Å². The summed E-state index contributed by atoms with van der Waals surface area (Å²) in [5.74, 6) is 0.475. The maximum atomic E-state index is 8.53. The number of benzene rings is 5. The molecule has 1 aliphatic rings. The van der Waals surface area contributed by atoms with Crippen molar-refractivity contribution >= 4 is 40.9 Å². The first-order valence-electron chi connectivity index (χ1n) is 14.2. The molecule has 1 aliphatic carbocycles. The lowest BCUT2D eigenvalue weighted by molar-refractivity contribution is 0.977. The minimum atomic E-state index is 0.142. The molecule has 206 valence electrons. The van der Waals surface area contributed by atoms with Gasteiger partial charge in [-0.05, 0) is 76.4 Å². The molecule has 0 aromatic heterocycles. The number of fused-ring (bicyclic) bond motifs is 1. The Balaban J connectivity index is 1.37. The number of amidine groups is 2. The van der Waals surface area contributed by atoms with Crippen LogP contribution >= 0.6 is 0 Å². The fourth-order valence-electron chi connectivity index (χ4n) is 5.39. The number of hydrogen-bond donors (Lipinski definition) is 3. The Labute approximate surface area is 246 Å². The Bertz CT molecular complexity index is 1880. The van der Waals surface area contributed by atoms with Crippen LogP contribution in [-0.2, 0) is 6.54 Å². The molecule has 0 saturated carbocycles. The molecule has 0 atom stereocenters. The van der Waals surface area contributed by atoms with Crippen LogP contribution in [0.5, 0.6) is 0 Å². The first-order valence-corrected chi connectivity index (χ1v) is 14.2. The number of rotatable bonds is 7. The Morgan fingerprint density at radius 2 is 1.36 bits per heavy atom. The van der Waals surface area contributed by atoms with Crippen molar-refractivity contribution in [2.45, 2.75) is 19.4 Å². The lowest BCUT2D eigenvalue weighted by Crippen LogP contribution is -2.30. The van der Waals surface area contributed by atoms with Crippen LogP contribution in [0.3, 0.4) is 0 Å². The van der Waals surface area contributed by atoms with Crippen molar-refractivity contribution < 1.29 is 0 Å². The molecular weight excluding hydrogens is 514 g/mol. The van der Waals surface area contributed by atoms with Crippen molar-refractivity contribution in [1.82, 2.24) is 0 Å². The maximum absolute atomic E-state index is 8.53. The zero-order valence-electron chi connectivity index (χ0n) is 23.4. The van der Waals surface area contributed by atoms with E-state index in [1.54, 1.807) is 0 Å². The van der Waals surface area contributed by atoms with Gasteiger partial charge in [-0.1, -0.05) is 97.1 Å². The number of anilines is 3. The lowest BCUT2D eigenvalue weighted by Gasteiger charge is -2.26. The highest BCUT2D eigenvalue weighted by molar-refractivity contribution is 6.12. The molecule has 6 rings (SSSR count). The van der Waals surface area contributed by atoms with Gasteiger partial charge in [-0.3, -0.25) is 5.41 Å². The van der Waals surface area contributed by atoms with Gasteiger partial charge in [0.05, 0.1) is 11.4 Å². The number of nitrogens with two attached hydrogens (primary N) is 2. The molecule has 0 unspecified atom stereocenters. The first-order chi connectivity index (χ1) is 20.6. The topological polar surface area (TPSA) is 91.5 Å². The standard InChI is InChI=1S/C37H33N5/c38-34-17-9-10-18-35(34)42(31-15-5-2-6-16-31)25-26-19-21-27(22-20-26)32-23-29-13-7-8-14-30(29)24-33(32)37(40)41-36(39)28-11-3-1-4-12-28/h1-6,9-24H,7-8,25,38H2,(H3,39,40,41). The van der Waals surface area contributed by atoms with E-state index in [9.17, 15) is 0 Å². The third kappa shape index (κ3) is 5.72. The van der Waals surface area contributed by atoms with Crippen LogP contribution in [0.25, 0.3) is 23.3 Å². The number of aliphatic imine (C=N–C) groups is 1. The number of para-hydroxylation sites is 3. The molecule has 0 radical (unpaired) electrons. The van der Waals surface area contributed by atoms with E-state index in [0.29, 0.717) is 12.4 Å². The zero-order chi connectivity index (χ0) is 28.9. The molecule has 5 aromatic rings. The summed E-state index contributed by atoms with van der Waals surface area (Å²) in [6.07, 6.45) is 6.54. The number of hydrogen-bond acceptors (Lipinski definition) is 3. The van der Waals surface area contributed by atoms with Gasteiger partial charge in [-0.15, -0.1) is 0 Å². The van der Waals surface area contributed by atoms with Crippen LogP contribution in [0.1, 0.15) is 29.5 Å². The average molecular weight is 548 g/mol. The second-order valence-corrected chi connectivity index (χ2v) is 10.4. The van der Waals surface area contributed by atoms with Crippen LogP contribution < -0.4 is 26.8 Å². The predicted octanol–water partition coefficient (Wildman–Crippen LogP) is 6.36. The summed E-state index contributed by atoms with van der Waals surface area (Å²) in [5.41, 5.74) is 20.6. The highest BCUT2D eigenvalue weighted by atomic mass is 15.1. The molecule has 42 heavy (non-hydrogen) atoms. The largest absolute Gasteiger partial charge is 0.397 e. The second kappa shape index (κ2) is 12.0. The Morgan fingerprint density at radius 1 is 0.738 bits per heavy atom. The molecule has 0 aliphatic heterocycles. The van der Waals surface area contributed by atoms with Crippen molar-refractivity contribution in [1.29, 1.82) is 5.41 Å². The Kier molecular flexibility index (Phi) is 7.64. The van der Waals surface area contributed by atoms with Gasteiger partial charge in [0.15, 0.2) is 5.84 Å². The fourth-order valence-corrected chi connectivity index (χ4v) is 5.39. The molecule has 0 amide bonds. The maximum Gasteiger partial charge on any atom is 0.154 e. The number of nitrogen functional groups attached to an aromatic ring is 1. The van der Waals surface area contributed by atoms with E-state index in [1.165, 1.54) is 5.22 Å². The summed E-state index contributed by atoms with van der Waals surface area (Å²) >= 11 is 0. The van der Waals surface area contributed by atoms with E-state index in [1.807, 2.05) is 66.7 Å². The van der Waals surface area contributed by atoms with Gasteiger partial charge in [0, 0.05) is 23.4 Å². The highest BCUT2D eigenvalue weighted by Crippen LogP contribution is 2.32. The molecular formula is C37H33N5. The molecule has 0 fully saturated rings.